The van der Waals surface area contributed by atoms with Gasteiger partial charge in [0.05, 0.1) is 15.9 Å². The highest BCUT2D eigenvalue weighted by atomic mass is 16.6. The number of non-ortho nitro benzene ring substituents is 1. The molecule has 0 radical (unpaired) electrons. The van der Waals surface area contributed by atoms with Gasteiger partial charge in [-0.3, -0.25) is 29.8 Å². The number of benzene rings is 2. The molecule has 0 spiro atoms. The number of hydrogen-bond donors (Lipinski definition) is 2. The quantitative estimate of drug-likeness (QED) is 0.587. The summed E-state index contributed by atoms with van der Waals surface area (Å²) in [6.07, 6.45) is 0. The highest BCUT2D eigenvalue weighted by molar-refractivity contribution is 6.07. The maximum atomic E-state index is 12.3. The summed E-state index contributed by atoms with van der Waals surface area (Å²) in [5.74, 6) is -1.13. The minimum absolute atomic E-state index is 0.159. The predicted octanol–water partition coefficient (Wildman–Crippen LogP) is 3.35. The molecule has 0 aromatic heterocycles. The van der Waals surface area contributed by atoms with E-state index in [4.69, 9.17) is 0 Å². The number of nitrogens with one attached hydrogen (secondary N) is 2. The van der Waals surface area contributed by atoms with Gasteiger partial charge in [-0.05, 0) is 30.3 Å². The summed E-state index contributed by atoms with van der Waals surface area (Å²) in [7, 11) is 0. The zero-order chi connectivity index (χ0) is 20.1. The van der Waals surface area contributed by atoms with Crippen molar-refractivity contribution in [1.82, 2.24) is 0 Å². The average Bonchev–Trinajstić information content (AvgIpc) is 2.62. The fourth-order valence-electron chi connectivity index (χ4n) is 2.10. The van der Waals surface area contributed by atoms with Crippen LogP contribution >= 0.6 is 0 Å². The number of hydrogen-bond acceptors (Lipinski definition) is 6. The first-order chi connectivity index (χ1) is 12.7. The summed E-state index contributed by atoms with van der Waals surface area (Å²) < 4.78 is 0. The van der Waals surface area contributed by atoms with Crippen molar-refractivity contribution in [2.75, 3.05) is 10.6 Å². The van der Waals surface area contributed by atoms with E-state index in [1.807, 2.05) is 0 Å². The normalized spacial score (nSPS) is 10.3. The molecule has 0 aliphatic rings. The molecule has 2 amide bonds. The van der Waals surface area contributed by atoms with E-state index in [2.05, 4.69) is 10.6 Å². The molecule has 0 atom stereocenters. The van der Waals surface area contributed by atoms with E-state index >= 15 is 0 Å². The fraction of sp³-hybridized carbons (Fsp3) is 0.176. The van der Waals surface area contributed by atoms with Crippen LogP contribution in [0.15, 0.2) is 42.5 Å². The molecule has 0 saturated heterocycles. The third kappa shape index (κ3) is 4.84. The van der Waals surface area contributed by atoms with E-state index in [0.717, 1.165) is 18.2 Å². The van der Waals surface area contributed by atoms with E-state index in [1.54, 1.807) is 26.0 Å². The highest BCUT2D eigenvalue weighted by Crippen LogP contribution is 2.25. The van der Waals surface area contributed by atoms with Gasteiger partial charge < -0.3 is 10.6 Å². The molecular formula is C17H16N4O6. The molecule has 0 fully saturated rings. The summed E-state index contributed by atoms with van der Waals surface area (Å²) in [6, 6.07) is 8.96. The van der Waals surface area contributed by atoms with Crippen molar-refractivity contribution >= 4 is 34.6 Å². The first kappa shape index (κ1) is 19.5. The van der Waals surface area contributed by atoms with Gasteiger partial charge in [0.15, 0.2) is 0 Å². The number of carbonyl (C=O) groups excluding carboxylic acids is 2. The van der Waals surface area contributed by atoms with Crippen LogP contribution < -0.4 is 10.6 Å². The van der Waals surface area contributed by atoms with E-state index < -0.39 is 27.1 Å². The second-order valence-electron chi connectivity index (χ2n) is 5.89. The molecule has 2 aromatic carbocycles. The molecule has 2 N–H and O–H groups in total. The van der Waals surface area contributed by atoms with Gasteiger partial charge >= 0.3 is 0 Å². The molecule has 0 unspecified atom stereocenters. The zero-order valence-corrected chi connectivity index (χ0v) is 14.5. The minimum Gasteiger partial charge on any atom is -0.326 e. The van der Waals surface area contributed by atoms with Crippen LogP contribution in [-0.2, 0) is 4.79 Å². The second-order valence-corrected chi connectivity index (χ2v) is 5.89. The van der Waals surface area contributed by atoms with Gasteiger partial charge in [-0.15, -0.1) is 0 Å². The van der Waals surface area contributed by atoms with Gasteiger partial charge in [0.2, 0.25) is 5.91 Å². The standard InChI is InChI=1S/C17H16N4O6/c1-10(2)16(22)18-11-3-5-12(6-4-11)19-17(23)14-8-7-13(20(24)25)9-15(14)21(26)27/h3-10H,1-2H3,(H,18,22)(H,19,23). The van der Waals surface area contributed by atoms with Crippen LogP contribution in [-0.4, -0.2) is 21.7 Å². The number of carbonyl (C=O) groups is 2. The second kappa shape index (κ2) is 8.04. The van der Waals surface area contributed by atoms with Crippen molar-refractivity contribution < 1.29 is 19.4 Å². The van der Waals surface area contributed by atoms with Crippen LogP contribution in [0.25, 0.3) is 0 Å². The first-order valence-corrected chi connectivity index (χ1v) is 7.84. The maximum absolute atomic E-state index is 12.3. The lowest BCUT2D eigenvalue weighted by molar-refractivity contribution is -0.394. The largest absolute Gasteiger partial charge is 0.326 e. The molecule has 0 saturated carbocycles. The van der Waals surface area contributed by atoms with E-state index in [1.165, 1.54) is 12.1 Å². The van der Waals surface area contributed by atoms with Gasteiger partial charge in [-0.25, -0.2) is 0 Å². The number of nitrogens with zero attached hydrogens (tertiary/aromatic N) is 2. The molecule has 2 rings (SSSR count). The third-order valence-electron chi connectivity index (χ3n) is 3.57. The van der Waals surface area contributed by atoms with E-state index in [9.17, 15) is 29.8 Å². The van der Waals surface area contributed by atoms with Gasteiger partial charge in [0.1, 0.15) is 5.56 Å². The average molecular weight is 372 g/mol. The SMILES string of the molecule is CC(C)C(=O)Nc1ccc(NC(=O)c2ccc([N+](=O)[O-])cc2[N+](=O)[O-])cc1. The Morgan fingerprint density at radius 2 is 1.44 bits per heavy atom. The van der Waals surface area contributed by atoms with Crippen LogP contribution in [0.3, 0.4) is 0 Å². The number of anilines is 2. The van der Waals surface area contributed by atoms with Gasteiger partial charge in [0.25, 0.3) is 17.3 Å². The first-order valence-electron chi connectivity index (χ1n) is 7.84. The third-order valence-corrected chi connectivity index (χ3v) is 3.57. The Hall–Kier alpha value is -3.82. The van der Waals surface area contributed by atoms with Crippen molar-refractivity contribution in [1.29, 1.82) is 0 Å². The van der Waals surface area contributed by atoms with Crippen molar-refractivity contribution in [3.05, 3.63) is 68.3 Å². The van der Waals surface area contributed by atoms with E-state index in [0.29, 0.717) is 11.4 Å². The summed E-state index contributed by atoms with van der Waals surface area (Å²) in [4.78, 5) is 44.2. The molecule has 10 heteroatoms. The molecule has 140 valence electrons. The van der Waals surface area contributed by atoms with Crippen LogP contribution in [0.1, 0.15) is 24.2 Å². The summed E-state index contributed by atoms with van der Waals surface area (Å²) >= 11 is 0. The Kier molecular flexibility index (Phi) is 5.81. The Labute approximate surface area is 153 Å². The number of nitro benzene ring substituents is 2. The van der Waals surface area contributed by atoms with Crippen molar-refractivity contribution in [2.45, 2.75) is 13.8 Å². The number of amides is 2. The lowest BCUT2D eigenvalue weighted by atomic mass is 10.1. The Bertz CT molecular complexity index is 908. The number of rotatable bonds is 6. The van der Waals surface area contributed by atoms with Crippen LogP contribution in [0.5, 0.6) is 0 Å². The molecule has 27 heavy (non-hydrogen) atoms. The summed E-state index contributed by atoms with van der Waals surface area (Å²) in [5, 5.41) is 27.0. The topological polar surface area (TPSA) is 144 Å². The van der Waals surface area contributed by atoms with Crippen molar-refractivity contribution in [3.8, 4) is 0 Å². The molecule has 0 aliphatic heterocycles. The maximum Gasteiger partial charge on any atom is 0.289 e. The molecule has 0 aliphatic carbocycles. The van der Waals surface area contributed by atoms with Crippen LogP contribution in [0, 0.1) is 26.1 Å². The molecule has 2 aromatic rings. The van der Waals surface area contributed by atoms with Gasteiger partial charge in [-0.1, -0.05) is 13.8 Å². The van der Waals surface area contributed by atoms with Crippen LogP contribution in [0.2, 0.25) is 0 Å². The molecule has 0 bridgehead atoms. The summed E-state index contributed by atoms with van der Waals surface area (Å²) in [6.45, 7) is 3.50. The van der Waals surface area contributed by atoms with Crippen molar-refractivity contribution in [2.24, 2.45) is 5.92 Å². The smallest absolute Gasteiger partial charge is 0.289 e. The summed E-state index contributed by atoms with van der Waals surface area (Å²) in [5.41, 5.74) is -0.572. The minimum atomic E-state index is -0.855. The monoisotopic (exact) mass is 372 g/mol. The Balaban J connectivity index is 2.18. The number of nitro groups is 2. The van der Waals surface area contributed by atoms with E-state index in [-0.39, 0.29) is 17.4 Å². The van der Waals surface area contributed by atoms with Crippen LogP contribution in [0.4, 0.5) is 22.7 Å². The highest BCUT2D eigenvalue weighted by Gasteiger charge is 2.24. The Morgan fingerprint density at radius 3 is 1.93 bits per heavy atom. The van der Waals surface area contributed by atoms with Crippen molar-refractivity contribution in [3.63, 3.8) is 0 Å². The Morgan fingerprint density at radius 1 is 0.889 bits per heavy atom. The van der Waals surface area contributed by atoms with Gasteiger partial charge in [-0.2, -0.15) is 0 Å². The lowest BCUT2D eigenvalue weighted by Gasteiger charge is -2.09. The predicted molar refractivity (Wildman–Crippen MR) is 97.6 cm³/mol. The molecule has 10 nitrogen and oxygen atoms in total. The fourth-order valence-corrected chi connectivity index (χ4v) is 2.10. The van der Waals surface area contributed by atoms with Gasteiger partial charge in [0, 0.05) is 23.4 Å². The lowest BCUT2D eigenvalue weighted by Crippen LogP contribution is -2.17. The molecular weight excluding hydrogens is 356 g/mol. The zero-order valence-electron chi connectivity index (χ0n) is 14.5. The molecule has 0 heterocycles.